The molecule has 1 saturated carbocycles. The molecule has 0 aromatic heterocycles. The summed E-state index contributed by atoms with van der Waals surface area (Å²) in [5, 5.41) is 4.64. The summed E-state index contributed by atoms with van der Waals surface area (Å²) in [5.41, 5.74) is 1.05. The van der Waals surface area contributed by atoms with Crippen LogP contribution in [-0.4, -0.2) is 13.2 Å². The number of halogens is 2. The summed E-state index contributed by atoms with van der Waals surface area (Å²) in [6.07, 6.45) is 4.98. The molecule has 2 rings (SSSR count). The maximum atomic E-state index is 6.25. The van der Waals surface area contributed by atoms with Crippen LogP contribution < -0.4 is 10.1 Å². The molecule has 0 aliphatic heterocycles. The zero-order chi connectivity index (χ0) is 13.7. The molecule has 0 bridgehead atoms. The Hall–Kier alpha value is -0.440. The first-order chi connectivity index (χ1) is 9.20. The normalized spacial score (nSPS) is 15.3. The van der Waals surface area contributed by atoms with Gasteiger partial charge in [0.15, 0.2) is 0 Å². The maximum Gasteiger partial charge on any atom is 0.142 e. The molecule has 106 valence electrons. The number of benzene rings is 1. The predicted molar refractivity (Wildman–Crippen MR) is 81.3 cm³/mol. The van der Waals surface area contributed by atoms with Crippen LogP contribution in [-0.2, 0) is 6.54 Å². The van der Waals surface area contributed by atoms with E-state index in [4.69, 9.17) is 27.9 Å². The first kappa shape index (κ1) is 15.0. The van der Waals surface area contributed by atoms with Crippen LogP contribution >= 0.6 is 23.2 Å². The number of ether oxygens (including phenoxy) is 1. The topological polar surface area (TPSA) is 21.3 Å². The third-order valence-electron chi connectivity index (χ3n) is 3.52. The minimum Gasteiger partial charge on any atom is -0.491 e. The minimum absolute atomic E-state index is 0.611. The van der Waals surface area contributed by atoms with Crippen LogP contribution in [0.25, 0.3) is 0 Å². The van der Waals surface area contributed by atoms with E-state index < -0.39 is 0 Å². The first-order valence-corrected chi connectivity index (χ1v) is 7.77. The molecule has 1 N–H and O–H groups in total. The SMILES string of the molecule is CCCNCc1cc(Cl)cc(Cl)c1OCC1CCC1. The number of hydrogen-bond acceptors (Lipinski definition) is 2. The van der Waals surface area contributed by atoms with Crippen molar-refractivity contribution >= 4 is 23.2 Å². The summed E-state index contributed by atoms with van der Waals surface area (Å²) in [6.45, 7) is 4.63. The summed E-state index contributed by atoms with van der Waals surface area (Å²) in [4.78, 5) is 0. The van der Waals surface area contributed by atoms with E-state index in [2.05, 4.69) is 12.2 Å². The smallest absolute Gasteiger partial charge is 0.142 e. The molecule has 1 fully saturated rings. The van der Waals surface area contributed by atoms with E-state index in [9.17, 15) is 0 Å². The average molecular weight is 302 g/mol. The highest BCUT2D eigenvalue weighted by Crippen LogP contribution is 2.34. The Labute approximate surface area is 125 Å². The van der Waals surface area contributed by atoms with Crippen LogP contribution in [0.1, 0.15) is 38.2 Å². The van der Waals surface area contributed by atoms with Gasteiger partial charge < -0.3 is 10.1 Å². The van der Waals surface area contributed by atoms with E-state index in [1.54, 1.807) is 6.07 Å². The van der Waals surface area contributed by atoms with E-state index in [1.807, 2.05) is 6.07 Å². The molecule has 1 aromatic carbocycles. The van der Waals surface area contributed by atoms with Crippen molar-refractivity contribution in [1.82, 2.24) is 5.32 Å². The molecule has 0 spiro atoms. The van der Waals surface area contributed by atoms with E-state index >= 15 is 0 Å². The van der Waals surface area contributed by atoms with E-state index in [-0.39, 0.29) is 0 Å². The largest absolute Gasteiger partial charge is 0.491 e. The van der Waals surface area contributed by atoms with Crippen molar-refractivity contribution in [2.24, 2.45) is 5.92 Å². The van der Waals surface area contributed by atoms with Crippen molar-refractivity contribution in [2.45, 2.75) is 39.2 Å². The fraction of sp³-hybridized carbons (Fsp3) is 0.600. The second kappa shape index (κ2) is 7.37. The molecule has 1 aromatic rings. The van der Waals surface area contributed by atoms with Gasteiger partial charge in [-0.05, 0) is 43.9 Å². The molecule has 1 aliphatic rings. The highest BCUT2D eigenvalue weighted by molar-refractivity contribution is 6.35. The van der Waals surface area contributed by atoms with Crippen molar-refractivity contribution in [1.29, 1.82) is 0 Å². The van der Waals surface area contributed by atoms with Crippen molar-refractivity contribution < 1.29 is 4.74 Å². The molecule has 0 unspecified atom stereocenters. The van der Waals surface area contributed by atoms with Crippen LogP contribution in [0.3, 0.4) is 0 Å². The third kappa shape index (κ3) is 4.27. The molecule has 1 aliphatic carbocycles. The van der Waals surface area contributed by atoms with Crippen molar-refractivity contribution in [3.8, 4) is 5.75 Å². The Morgan fingerprint density at radius 3 is 2.74 bits per heavy atom. The Morgan fingerprint density at radius 1 is 1.32 bits per heavy atom. The molecule has 4 heteroatoms. The maximum absolute atomic E-state index is 6.25. The molecular formula is C15H21Cl2NO. The van der Waals surface area contributed by atoms with Crippen LogP contribution in [0.2, 0.25) is 10.0 Å². The summed E-state index contributed by atoms with van der Waals surface area (Å²) < 4.78 is 5.93. The average Bonchev–Trinajstić information content (AvgIpc) is 2.30. The van der Waals surface area contributed by atoms with E-state index in [0.717, 1.165) is 37.4 Å². The molecule has 2 nitrogen and oxygen atoms in total. The summed E-state index contributed by atoms with van der Waals surface area (Å²) >= 11 is 12.3. The zero-order valence-corrected chi connectivity index (χ0v) is 12.9. The lowest BCUT2D eigenvalue weighted by Gasteiger charge is -2.26. The monoisotopic (exact) mass is 301 g/mol. The summed E-state index contributed by atoms with van der Waals surface area (Å²) in [5.74, 6) is 1.49. The lowest BCUT2D eigenvalue weighted by atomic mass is 9.86. The molecule has 0 radical (unpaired) electrons. The second-order valence-corrected chi connectivity index (χ2v) is 6.00. The van der Waals surface area contributed by atoms with Gasteiger partial charge in [-0.2, -0.15) is 0 Å². The quantitative estimate of drug-likeness (QED) is 0.739. The van der Waals surface area contributed by atoms with Gasteiger partial charge in [0.1, 0.15) is 5.75 Å². The van der Waals surface area contributed by atoms with Crippen molar-refractivity contribution in [3.05, 3.63) is 27.7 Å². The fourth-order valence-corrected chi connectivity index (χ4v) is 2.76. The van der Waals surface area contributed by atoms with Crippen molar-refractivity contribution in [2.75, 3.05) is 13.2 Å². The Balaban J connectivity index is 2.03. The van der Waals surface area contributed by atoms with Gasteiger partial charge in [-0.25, -0.2) is 0 Å². The third-order valence-corrected chi connectivity index (χ3v) is 4.01. The molecule has 0 amide bonds. The van der Waals surface area contributed by atoms with Gasteiger partial charge in [0.05, 0.1) is 11.6 Å². The van der Waals surface area contributed by atoms with E-state index in [1.165, 1.54) is 19.3 Å². The Bertz CT molecular complexity index is 419. The fourth-order valence-electron chi connectivity index (χ4n) is 2.17. The van der Waals surface area contributed by atoms with Gasteiger partial charge in [-0.3, -0.25) is 0 Å². The molecule has 0 saturated heterocycles. The van der Waals surface area contributed by atoms with Crippen LogP contribution in [0, 0.1) is 5.92 Å². The van der Waals surface area contributed by atoms with Gasteiger partial charge in [-0.1, -0.05) is 36.5 Å². The minimum atomic E-state index is 0.611. The van der Waals surface area contributed by atoms with Gasteiger partial charge in [-0.15, -0.1) is 0 Å². The Kier molecular flexibility index (Phi) is 5.80. The molecular weight excluding hydrogens is 281 g/mol. The summed E-state index contributed by atoms with van der Waals surface area (Å²) in [7, 11) is 0. The van der Waals surface area contributed by atoms with Crippen LogP contribution in [0.5, 0.6) is 5.75 Å². The van der Waals surface area contributed by atoms with Gasteiger partial charge in [0.2, 0.25) is 0 Å². The highest BCUT2D eigenvalue weighted by atomic mass is 35.5. The number of nitrogens with one attached hydrogen (secondary N) is 1. The molecule has 0 heterocycles. The van der Waals surface area contributed by atoms with Gasteiger partial charge in [0.25, 0.3) is 0 Å². The predicted octanol–water partition coefficient (Wildman–Crippen LogP) is 4.67. The molecule has 19 heavy (non-hydrogen) atoms. The van der Waals surface area contributed by atoms with Crippen molar-refractivity contribution in [3.63, 3.8) is 0 Å². The lowest BCUT2D eigenvalue weighted by molar-refractivity contribution is 0.179. The van der Waals surface area contributed by atoms with E-state index in [0.29, 0.717) is 16.0 Å². The van der Waals surface area contributed by atoms with Crippen LogP contribution in [0.4, 0.5) is 0 Å². The summed E-state index contributed by atoms with van der Waals surface area (Å²) in [6, 6.07) is 3.69. The Morgan fingerprint density at radius 2 is 2.11 bits per heavy atom. The number of hydrogen-bond donors (Lipinski definition) is 1. The standard InChI is InChI=1S/C15H21Cl2NO/c1-2-6-18-9-12-7-13(16)8-14(17)15(12)19-10-11-4-3-5-11/h7-8,11,18H,2-6,9-10H2,1H3. The lowest BCUT2D eigenvalue weighted by Crippen LogP contribution is -2.20. The van der Waals surface area contributed by atoms with Crippen LogP contribution in [0.15, 0.2) is 12.1 Å². The second-order valence-electron chi connectivity index (χ2n) is 5.16. The zero-order valence-electron chi connectivity index (χ0n) is 11.3. The van der Waals surface area contributed by atoms with Gasteiger partial charge >= 0.3 is 0 Å². The molecule has 0 atom stereocenters. The first-order valence-electron chi connectivity index (χ1n) is 7.02. The highest BCUT2D eigenvalue weighted by Gasteiger charge is 2.19. The number of rotatable bonds is 7. The van der Waals surface area contributed by atoms with Gasteiger partial charge in [0, 0.05) is 17.1 Å².